The molecule has 0 bridgehead atoms. The van der Waals surface area contributed by atoms with E-state index in [1.165, 1.54) is 6.07 Å². The van der Waals surface area contributed by atoms with Crippen LogP contribution in [0, 0.1) is 5.41 Å². The predicted molar refractivity (Wildman–Crippen MR) is 115 cm³/mol. The molecule has 0 saturated heterocycles. The van der Waals surface area contributed by atoms with Gasteiger partial charge in [-0.1, -0.05) is 13.8 Å². The highest BCUT2D eigenvalue weighted by Crippen LogP contribution is 2.33. The lowest BCUT2D eigenvalue weighted by molar-refractivity contribution is 0.0910. The Morgan fingerprint density at radius 3 is 2.65 bits per heavy atom. The highest BCUT2D eigenvalue weighted by molar-refractivity contribution is 6.06. The van der Waals surface area contributed by atoms with E-state index in [2.05, 4.69) is 15.3 Å². The van der Waals surface area contributed by atoms with Gasteiger partial charge in [-0.25, -0.2) is 4.98 Å². The Hall–Kier alpha value is -3.68. The van der Waals surface area contributed by atoms with Gasteiger partial charge in [-0.3, -0.25) is 14.4 Å². The summed E-state index contributed by atoms with van der Waals surface area (Å²) in [6, 6.07) is 8.23. The molecule has 2 aromatic heterocycles. The Morgan fingerprint density at radius 1 is 1.23 bits per heavy atom. The second-order valence-corrected chi connectivity index (χ2v) is 8.57. The summed E-state index contributed by atoms with van der Waals surface area (Å²) < 4.78 is 7.57. The largest absolute Gasteiger partial charge is 0.486 e. The highest BCUT2D eigenvalue weighted by Gasteiger charge is 2.32. The van der Waals surface area contributed by atoms with E-state index in [0.29, 0.717) is 42.1 Å². The minimum Gasteiger partial charge on any atom is -0.486 e. The summed E-state index contributed by atoms with van der Waals surface area (Å²) in [5, 5.41) is 2.70. The van der Waals surface area contributed by atoms with E-state index in [0.717, 1.165) is 5.82 Å². The molecule has 1 amide bonds. The van der Waals surface area contributed by atoms with Crippen LogP contribution in [0.25, 0.3) is 0 Å². The minimum atomic E-state index is -0.566. The highest BCUT2D eigenvalue weighted by atomic mass is 16.5. The van der Waals surface area contributed by atoms with Crippen LogP contribution in [0.3, 0.4) is 0 Å². The quantitative estimate of drug-likeness (QED) is 0.660. The molecule has 8 nitrogen and oxygen atoms in total. The first kappa shape index (κ1) is 20.6. The number of ether oxygens (including phenoxy) is 1. The number of aryl methyl sites for hydroxylation is 1. The molecule has 0 saturated carbocycles. The number of pyridine rings is 1. The lowest BCUT2D eigenvalue weighted by Gasteiger charge is -2.29. The van der Waals surface area contributed by atoms with Gasteiger partial charge in [0.05, 0.1) is 0 Å². The molecule has 8 heteroatoms. The molecule has 1 aliphatic carbocycles. The number of Topliss-reactive ketones (excluding diaryl/α,β-unsaturated/α-hetero) is 1. The van der Waals surface area contributed by atoms with Crippen molar-refractivity contribution in [1.29, 1.82) is 0 Å². The Balaban J connectivity index is 1.46. The smallest absolute Gasteiger partial charge is 0.261 e. The van der Waals surface area contributed by atoms with E-state index < -0.39 is 11.5 Å². The number of hydrogen-bond donors (Lipinski definition) is 2. The zero-order valence-corrected chi connectivity index (χ0v) is 17.7. The molecule has 2 heterocycles. The second-order valence-electron chi connectivity index (χ2n) is 8.57. The summed E-state index contributed by atoms with van der Waals surface area (Å²) in [5.74, 6) is 0.789. The number of aromatic nitrogens is 3. The first-order valence-electron chi connectivity index (χ1n) is 10.0. The predicted octanol–water partition coefficient (Wildman–Crippen LogP) is 3.09. The number of ketones is 1. The number of nitrogens with zero attached hydrogens (tertiary/aromatic N) is 2. The SMILES string of the molecule is Cn1ccnc1COc1ccc(NC(=O)c2cc3c([nH]c2=O)CC(C)(C)CC3=O)cc1. The molecule has 0 fully saturated rings. The average Bonchev–Trinajstić information content (AvgIpc) is 3.10. The molecule has 0 spiro atoms. The average molecular weight is 420 g/mol. The third-order valence-electron chi connectivity index (χ3n) is 5.36. The van der Waals surface area contributed by atoms with Crippen LogP contribution in [0.5, 0.6) is 5.75 Å². The monoisotopic (exact) mass is 420 g/mol. The molecule has 1 aliphatic rings. The van der Waals surface area contributed by atoms with Crippen molar-refractivity contribution in [3.05, 3.63) is 75.7 Å². The molecule has 160 valence electrons. The van der Waals surface area contributed by atoms with Crippen LogP contribution in [0.4, 0.5) is 5.69 Å². The third kappa shape index (κ3) is 4.42. The van der Waals surface area contributed by atoms with Gasteiger partial charge in [-0.2, -0.15) is 0 Å². The molecule has 0 radical (unpaired) electrons. The van der Waals surface area contributed by atoms with Gasteiger partial charge in [0.25, 0.3) is 11.5 Å². The van der Waals surface area contributed by atoms with Crippen LogP contribution in [-0.2, 0) is 20.1 Å². The molecular formula is C23H24N4O4. The normalized spacial score (nSPS) is 14.7. The molecule has 31 heavy (non-hydrogen) atoms. The zero-order valence-electron chi connectivity index (χ0n) is 17.7. The van der Waals surface area contributed by atoms with Crippen LogP contribution in [0.1, 0.15) is 52.5 Å². The maximum atomic E-state index is 12.7. The number of nitrogens with one attached hydrogen (secondary N) is 2. The number of rotatable bonds is 5. The summed E-state index contributed by atoms with van der Waals surface area (Å²) >= 11 is 0. The topological polar surface area (TPSA) is 106 Å². The van der Waals surface area contributed by atoms with Crippen molar-refractivity contribution < 1.29 is 14.3 Å². The summed E-state index contributed by atoms with van der Waals surface area (Å²) in [6.45, 7) is 4.29. The van der Waals surface area contributed by atoms with Crippen LogP contribution >= 0.6 is 0 Å². The second kappa shape index (κ2) is 7.86. The van der Waals surface area contributed by atoms with Crippen molar-refractivity contribution in [2.45, 2.75) is 33.3 Å². The Bertz CT molecular complexity index is 1210. The van der Waals surface area contributed by atoms with Gasteiger partial charge in [-0.15, -0.1) is 0 Å². The number of amides is 1. The number of aromatic amines is 1. The lowest BCUT2D eigenvalue weighted by Crippen LogP contribution is -2.32. The fourth-order valence-electron chi connectivity index (χ4n) is 3.71. The minimum absolute atomic E-state index is 0.0641. The van der Waals surface area contributed by atoms with E-state index in [1.54, 1.807) is 30.5 Å². The molecule has 0 unspecified atom stereocenters. The summed E-state index contributed by atoms with van der Waals surface area (Å²) in [4.78, 5) is 44.5. The molecule has 0 atom stereocenters. The van der Waals surface area contributed by atoms with E-state index >= 15 is 0 Å². The van der Waals surface area contributed by atoms with E-state index in [9.17, 15) is 14.4 Å². The molecule has 2 N–H and O–H groups in total. The number of benzene rings is 1. The number of hydrogen-bond acceptors (Lipinski definition) is 5. The van der Waals surface area contributed by atoms with E-state index in [4.69, 9.17) is 4.74 Å². The van der Waals surface area contributed by atoms with Crippen LogP contribution < -0.4 is 15.6 Å². The number of H-pyrrole nitrogens is 1. The molecule has 3 aromatic rings. The maximum Gasteiger partial charge on any atom is 0.261 e. The van der Waals surface area contributed by atoms with Crippen molar-refractivity contribution >= 4 is 17.4 Å². The lowest BCUT2D eigenvalue weighted by atomic mass is 9.75. The Kier molecular flexibility index (Phi) is 5.22. The van der Waals surface area contributed by atoms with Gasteiger partial charge in [0.2, 0.25) is 0 Å². The van der Waals surface area contributed by atoms with Crippen molar-refractivity contribution in [1.82, 2.24) is 14.5 Å². The maximum absolute atomic E-state index is 12.7. The summed E-state index contributed by atoms with van der Waals surface area (Å²) in [6.07, 6.45) is 4.51. The van der Waals surface area contributed by atoms with Crippen LogP contribution in [0.2, 0.25) is 0 Å². The van der Waals surface area contributed by atoms with Crippen molar-refractivity contribution in [3.8, 4) is 5.75 Å². The third-order valence-corrected chi connectivity index (χ3v) is 5.36. The Morgan fingerprint density at radius 2 is 1.97 bits per heavy atom. The zero-order chi connectivity index (χ0) is 22.2. The molecule has 4 rings (SSSR count). The fourth-order valence-corrected chi connectivity index (χ4v) is 3.71. The van der Waals surface area contributed by atoms with Gasteiger partial charge >= 0.3 is 0 Å². The number of carbonyl (C=O) groups excluding carboxylic acids is 2. The number of fused-ring (bicyclic) bond motifs is 1. The number of anilines is 1. The van der Waals surface area contributed by atoms with Crippen molar-refractivity contribution in [2.24, 2.45) is 12.5 Å². The van der Waals surface area contributed by atoms with Gasteiger partial charge in [0, 0.05) is 42.8 Å². The first-order chi connectivity index (χ1) is 14.7. The van der Waals surface area contributed by atoms with Crippen LogP contribution in [-0.4, -0.2) is 26.2 Å². The summed E-state index contributed by atoms with van der Waals surface area (Å²) in [5.41, 5.74) is 0.730. The fraction of sp³-hybridized carbons (Fsp3) is 0.304. The first-order valence-corrected chi connectivity index (χ1v) is 10.0. The van der Waals surface area contributed by atoms with Crippen molar-refractivity contribution in [3.63, 3.8) is 0 Å². The standard InChI is InChI=1S/C23H24N4O4/c1-23(2)11-18-16(19(28)12-23)10-17(22(30)26-18)21(29)25-14-4-6-15(7-5-14)31-13-20-24-8-9-27(20)3/h4-10H,11-13H2,1-3H3,(H,25,29)(H,26,30). The molecule has 0 aliphatic heterocycles. The number of imidazole rings is 1. The van der Waals surface area contributed by atoms with E-state index in [-0.39, 0.29) is 16.8 Å². The van der Waals surface area contributed by atoms with Gasteiger partial charge < -0.3 is 19.6 Å². The number of carbonyl (C=O) groups is 2. The van der Waals surface area contributed by atoms with Crippen molar-refractivity contribution in [2.75, 3.05) is 5.32 Å². The Labute approximate surface area is 179 Å². The van der Waals surface area contributed by atoms with Gasteiger partial charge in [0.1, 0.15) is 23.7 Å². The van der Waals surface area contributed by atoms with Gasteiger partial charge in [0.15, 0.2) is 5.78 Å². The molecule has 1 aromatic carbocycles. The van der Waals surface area contributed by atoms with E-state index in [1.807, 2.05) is 31.7 Å². The molecular weight excluding hydrogens is 396 g/mol. The van der Waals surface area contributed by atoms with Crippen LogP contribution in [0.15, 0.2) is 47.5 Å². The van der Waals surface area contributed by atoms with Gasteiger partial charge in [-0.05, 0) is 42.2 Å². The summed E-state index contributed by atoms with van der Waals surface area (Å²) in [7, 11) is 1.89.